The predicted molar refractivity (Wildman–Crippen MR) is 65.5 cm³/mol. The number of unbranched alkanes of at least 4 members (excludes halogenated alkanes) is 1. The molecule has 0 aromatic heterocycles. The number of allylic oxidation sites excluding steroid dienone is 4. The van der Waals surface area contributed by atoms with Crippen molar-refractivity contribution in [3.8, 4) is 0 Å². The van der Waals surface area contributed by atoms with Gasteiger partial charge in [-0.25, -0.2) is 0 Å². The molecule has 0 aliphatic heterocycles. The maximum Gasteiger partial charge on any atom is -0.00258 e. The average Bonchev–Trinajstić information content (AvgIpc) is 2.08. The van der Waals surface area contributed by atoms with Crippen LogP contribution in [0.5, 0.6) is 0 Å². The van der Waals surface area contributed by atoms with E-state index in [4.69, 9.17) is 0 Å². The Morgan fingerprint density at radius 1 is 1.29 bits per heavy atom. The third-order valence-corrected chi connectivity index (χ3v) is 1.84. The second-order valence-corrected chi connectivity index (χ2v) is 4.41. The molecule has 14 heavy (non-hydrogen) atoms. The number of rotatable bonds is 7. The summed E-state index contributed by atoms with van der Waals surface area (Å²) >= 11 is 0. The third-order valence-electron chi connectivity index (χ3n) is 1.84. The van der Waals surface area contributed by atoms with E-state index < -0.39 is 0 Å². The lowest BCUT2D eigenvalue weighted by Gasteiger charge is -2.05. The number of hydrogen-bond donors (Lipinski definition) is 1. The largest absolute Gasteiger partial charge is 0.316 e. The van der Waals surface area contributed by atoms with E-state index in [9.17, 15) is 0 Å². The molecule has 0 rings (SSSR count). The summed E-state index contributed by atoms with van der Waals surface area (Å²) in [6.07, 6.45) is 8.96. The van der Waals surface area contributed by atoms with Crippen molar-refractivity contribution in [1.82, 2.24) is 5.32 Å². The van der Waals surface area contributed by atoms with Crippen LogP contribution in [0.2, 0.25) is 0 Å². The Labute approximate surface area is 89.3 Å². The van der Waals surface area contributed by atoms with Gasteiger partial charge in [0.1, 0.15) is 0 Å². The van der Waals surface area contributed by atoms with E-state index in [1.54, 1.807) is 0 Å². The Bertz CT molecular complexity index is 174. The first-order valence-corrected chi connectivity index (χ1v) is 5.63. The molecule has 1 heteroatoms. The van der Waals surface area contributed by atoms with E-state index >= 15 is 0 Å². The molecule has 82 valence electrons. The van der Waals surface area contributed by atoms with Gasteiger partial charge in [-0.2, -0.15) is 0 Å². The van der Waals surface area contributed by atoms with Crippen molar-refractivity contribution in [1.29, 1.82) is 0 Å². The molecule has 0 unspecified atom stereocenters. The highest BCUT2D eigenvalue weighted by atomic mass is 14.8. The smallest absolute Gasteiger partial charge is 0.00258 e. The van der Waals surface area contributed by atoms with Crippen molar-refractivity contribution in [3.05, 3.63) is 23.8 Å². The third kappa shape index (κ3) is 11.4. The first kappa shape index (κ1) is 13.4. The molecule has 0 amide bonds. The van der Waals surface area contributed by atoms with Gasteiger partial charge in [-0.15, -0.1) is 0 Å². The topological polar surface area (TPSA) is 12.0 Å². The molecule has 0 heterocycles. The fourth-order valence-corrected chi connectivity index (χ4v) is 1.09. The summed E-state index contributed by atoms with van der Waals surface area (Å²) < 4.78 is 0. The van der Waals surface area contributed by atoms with Crippen LogP contribution in [0.25, 0.3) is 0 Å². The van der Waals surface area contributed by atoms with Crippen LogP contribution in [0.1, 0.15) is 40.5 Å². The lowest BCUT2D eigenvalue weighted by Crippen LogP contribution is -2.20. The Morgan fingerprint density at radius 2 is 2.00 bits per heavy atom. The minimum Gasteiger partial charge on any atom is -0.316 e. The first-order valence-electron chi connectivity index (χ1n) is 5.63. The fourth-order valence-electron chi connectivity index (χ4n) is 1.09. The zero-order chi connectivity index (χ0) is 10.8. The lowest BCUT2D eigenvalue weighted by molar-refractivity contribution is 0.544. The molecule has 1 nitrogen and oxygen atoms in total. The first-order chi connectivity index (χ1) is 6.63. The summed E-state index contributed by atoms with van der Waals surface area (Å²) in [5.41, 5.74) is 1.36. The van der Waals surface area contributed by atoms with Gasteiger partial charge in [-0.05, 0) is 45.7 Å². The molecule has 1 N–H and O–H groups in total. The highest BCUT2D eigenvalue weighted by molar-refractivity contribution is 5.07. The van der Waals surface area contributed by atoms with Crippen molar-refractivity contribution in [2.45, 2.75) is 40.5 Å². The van der Waals surface area contributed by atoms with E-state index in [2.05, 4.69) is 51.2 Å². The molecule has 0 aromatic rings. The van der Waals surface area contributed by atoms with Gasteiger partial charge in [0.15, 0.2) is 0 Å². The van der Waals surface area contributed by atoms with Crippen molar-refractivity contribution in [2.24, 2.45) is 5.92 Å². The van der Waals surface area contributed by atoms with Gasteiger partial charge in [0.05, 0.1) is 0 Å². The quantitative estimate of drug-likeness (QED) is 0.484. The van der Waals surface area contributed by atoms with Crippen LogP contribution in [0.4, 0.5) is 0 Å². The van der Waals surface area contributed by atoms with Crippen molar-refractivity contribution in [2.75, 3.05) is 13.1 Å². The molecular formula is C13H25N. The summed E-state index contributed by atoms with van der Waals surface area (Å²) in [5, 5.41) is 3.44. The Morgan fingerprint density at radius 3 is 2.57 bits per heavy atom. The standard InChI is InChI=1S/C13H25N/c1-12(2)9-7-5-6-8-10-14-11-13(3)4/h5,7,9,13-14H,6,8,10-11H2,1-4H3. The summed E-state index contributed by atoms with van der Waals surface area (Å²) in [6.45, 7) is 11.0. The van der Waals surface area contributed by atoms with Gasteiger partial charge in [-0.3, -0.25) is 0 Å². The van der Waals surface area contributed by atoms with Gasteiger partial charge in [0.25, 0.3) is 0 Å². The second-order valence-electron chi connectivity index (χ2n) is 4.41. The molecule has 0 bridgehead atoms. The maximum absolute atomic E-state index is 3.44. The minimum absolute atomic E-state index is 0.760. The lowest BCUT2D eigenvalue weighted by atomic mass is 10.2. The minimum atomic E-state index is 0.760. The van der Waals surface area contributed by atoms with Crippen molar-refractivity contribution in [3.63, 3.8) is 0 Å². The van der Waals surface area contributed by atoms with Crippen LogP contribution >= 0.6 is 0 Å². The van der Waals surface area contributed by atoms with Gasteiger partial charge >= 0.3 is 0 Å². The molecule has 0 saturated heterocycles. The molecule has 0 atom stereocenters. The van der Waals surface area contributed by atoms with Crippen LogP contribution in [-0.2, 0) is 0 Å². The normalized spacial score (nSPS) is 11.2. The van der Waals surface area contributed by atoms with Gasteiger partial charge in [0.2, 0.25) is 0 Å². The predicted octanol–water partition coefficient (Wildman–Crippen LogP) is 3.53. The average molecular weight is 195 g/mol. The molecule has 0 radical (unpaired) electrons. The van der Waals surface area contributed by atoms with Crippen molar-refractivity contribution < 1.29 is 0 Å². The van der Waals surface area contributed by atoms with E-state index in [1.165, 1.54) is 18.4 Å². The van der Waals surface area contributed by atoms with Crippen LogP contribution in [-0.4, -0.2) is 13.1 Å². The fraction of sp³-hybridized carbons (Fsp3) is 0.692. The summed E-state index contributed by atoms with van der Waals surface area (Å²) in [4.78, 5) is 0. The highest BCUT2D eigenvalue weighted by Gasteiger charge is 1.90. The maximum atomic E-state index is 3.44. The molecule has 0 fully saturated rings. The Kier molecular flexibility index (Phi) is 8.65. The van der Waals surface area contributed by atoms with Crippen LogP contribution in [0.15, 0.2) is 23.8 Å². The summed E-state index contributed by atoms with van der Waals surface area (Å²) in [6, 6.07) is 0. The van der Waals surface area contributed by atoms with E-state index in [-0.39, 0.29) is 0 Å². The second kappa shape index (κ2) is 9.01. The molecule has 0 saturated carbocycles. The Hall–Kier alpha value is -0.560. The summed E-state index contributed by atoms with van der Waals surface area (Å²) in [7, 11) is 0. The van der Waals surface area contributed by atoms with Gasteiger partial charge in [-0.1, -0.05) is 37.6 Å². The van der Waals surface area contributed by atoms with Crippen LogP contribution in [0, 0.1) is 5.92 Å². The number of hydrogen-bond acceptors (Lipinski definition) is 1. The zero-order valence-corrected chi connectivity index (χ0v) is 10.1. The van der Waals surface area contributed by atoms with Gasteiger partial charge in [0, 0.05) is 0 Å². The van der Waals surface area contributed by atoms with Crippen molar-refractivity contribution >= 4 is 0 Å². The number of nitrogens with one attached hydrogen (secondary N) is 1. The molecule has 0 aliphatic rings. The van der Waals surface area contributed by atoms with E-state index in [1.807, 2.05) is 0 Å². The van der Waals surface area contributed by atoms with Gasteiger partial charge < -0.3 is 5.32 Å². The molecular weight excluding hydrogens is 170 g/mol. The SMILES string of the molecule is CC(C)=CC=CCCCNCC(C)C. The molecule has 0 aromatic carbocycles. The zero-order valence-electron chi connectivity index (χ0n) is 10.1. The highest BCUT2D eigenvalue weighted by Crippen LogP contribution is 1.94. The van der Waals surface area contributed by atoms with E-state index in [0.29, 0.717) is 0 Å². The monoisotopic (exact) mass is 195 g/mol. The molecule has 0 spiro atoms. The Balaban J connectivity index is 3.21. The summed E-state index contributed by atoms with van der Waals surface area (Å²) in [5.74, 6) is 0.760. The molecule has 0 aliphatic carbocycles. The van der Waals surface area contributed by atoms with Crippen LogP contribution in [0.3, 0.4) is 0 Å². The van der Waals surface area contributed by atoms with Crippen LogP contribution < -0.4 is 5.32 Å². The van der Waals surface area contributed by atoms with E-state index in [0.717, 1.165) is 19.0 Å².